The summed E-state index contributed by atoms with van der Waals surface area (Å²) in [5.41, 5.74) is 1.20. The van der Waals surface area contributed by atoms with Crippen molar-refractivity contribution in [2.45, 2.75) is 32.9 Å². The fourth-order valence-corrected chi connectivity index (χ4v) is 2.20. The Bertz CT molecular complexity index is 659. The van der Waals surface area contributed by atoms with Crippen LogP contribution in [0, 0.1) is 0 Å². The summed E-state index contributed by atoms with van der Waals surface area (Å²) in [4.78, 5) is 14.0. The average Bonchev–Trinajstić information content (AvgIpc) is 3.03. The second-order valence-corrected chi connectivity index (χ2v) is 5.83. The highest BCUT2D eigenvalue weighted by molar-refractivity contribution is 6.32. The molecule has 0 saturated heterocycles. The highest BCUT2D eigenvalue weighted by Crippen LogP contribution is 2.34. The fraction of sp³-hybridized carbons (Fsp3) is 0.375. The van der Waals surface area contributed by atoms with Gasteiger partial charge in [0.1, 0.15) is 12.0 Å². The SMILES string of the molecule is CC(C)Oc1c(Cl)cccc1NC(=O)N(C)[C@@H](C)c1ccon1. The molecule has 0 aliphatic heterocycles. The van der Waals surface area contributed by atoms with Gasteiger partial charge in [-0.2, -0.15) is 0 Å². The third-order valence-electron chi connectivity index (χ3n) is 3.35. The van der Waals surface area contributed by atoms with Gasteiger partial charge in [-0.1, -0.05) is 22.8 Å². The van der Waals surface area contributed by atoms with E-state index in [1.807, 2.05) is 20.8 Å². The van der Waals surface area contributed by atoms with E-state index in [0.717, 1.165) is 0 Å². The molecule has 23 heavy (non-hydrogen) atoms. The minimum absolute atomic E-state index is 0.0580. The highest BCUT2D eigenvalue weighted by atomic mass is 35.5. The summed E-state index contributed by atoms with van der Waals surface area (Å²) in [5, 5.41) is 7.12. The van der Waals surface area contributed by atoms with Crippen LogP contribution in [0.2, 0.25) is 5.02 Å². The molecule has 0 spiro atoms. The number of ether oxygens (including phenoxy) is 1. The van der Waals surface area contributed by atoms with E-state index in [4.69, 9.17) is 20.9 Å². The minimum atomic E-state index is -0.295. The zero-order valence-corrected chi connectivity index (χ0v) is 14.3. The first kappa shape index (κ1) is 17.1. The summed E-state index contributed by atoms with van der Waals surface area (Å²) in [6, 6.07) is 6.42. The number of amides is 2. The van der Waals surface area contributed by atoms with Crippen molar-refractivity contribution in [3.05, 3.63) is 41.2 Å². The van der Waals surface area contributed by atoms with Gasteiger partial charge in [-0.25, -0.2) is 4.79 Å². The van der Waals surface area contributed by atoms with Crippen LogP contribution >= 0.6 is 11.6 Å². The molecule has 0 aliphatic rings. The number of nitrogens with zero attached hydrogens (tertiary/aromatic N) is 2. The van der Waals surface area contributed by atoms with Crippen molar-refractivity contribution in [2.75, 3.05) is 12.4 Å². The summed E-state index contributed by atoms with van der Waals surface area (Å²) in [6.45, 7) is 5.66. The largest absolute Gasteiger partial charge is 0.487 e. The molecule has 0 aliphatic carbocycles. The lowest BCUT2D eigenvalue weighted by molar-refractivity contribution is 0.205. The third kappa shape index (κ3) is 4.16. The zero-order valence-electron chi connectivity index (χ0n) is 13.5. The third-order valence-corrected chi connectivity index (χ3v) is 3.65. The van der Waals surface area contributed by atoms with Gasteiger partial charge in [0.05, 0.1) is 22.9 Å². The van der Waals surface area contributed by atoms with Crippen molar-refractivity contribution >= 4 is 23.3 Å². The maximum atomic E-state index is 12.5. The Balaban J connectivity index is 2.15. The molecular weight excluding hydrogens is 318 g/mol. The Morgan fingerprint density at radius 2 is 2.09 bits per heavy atom. The van der Waals surface area contributed by atoms with Crippen molar-refractivity contribution in [1.29, 1.82) is 0 Å². The number of anilines is 1. The van der Waals surface area contributed by atoms with Crippen molar-refractivity contribution in [3.8, 4) is 5.75 Å². The molecule has 0 fully saturated rings. The second kappa shape index (κ2) is 7.37. The molecule has 0 radical (unpaired) electrons. The molecule has 0 unspecified atom stereocenters. The van der Waals surface area contributed by atoms with Gasteiger partial charge in [-0.3, -0.25) is 0 Å². The summed E-state index contributed by atoms with van der Waals surface area (Å²) in [5.74, 6) is 0.458. The van der Waals surface area contributed by atoms with Gasteiger partial charge >= 0.3 is 6.03 Å². The van der Waals surface area contributed by atoms with Crippen LogP contribution < -0.4 is 10.1 Å². The number of nitrogens with one attached hydrogen (secondary N) is 1. The molecule has 0 bridgehead atoms. The monoisotopic (exact) mass is 337 g/mol. The minimum Gasteiger partial charge on any atom is -0.487 e. The summed E-state index contributed by atoms with van der Waals surface area (Å²) < 4.78 is 10.5. The van der Waals surface area contributed by atoms with Crippen LogP contribution in [-0.2, 0) is 0 Å². The van der Waals surface area contributed by atoms with Gasteiger partial charge in [0.2, 0.25) is 0 Å². The molecule has 2 aromatic rings. The predicted octanol–water partition coefficient (Wildman–Crippen LogP) is 4.34. The molecule has 2 rings (SSSR count). The van der Waals surface area contributed by atoms with Gasteiger partial charge in [-0.15, -0.1) is 0 Å². The fourth-order valence-electron chi connectivity index (χ4n) is 1.98. The normalized spacial score (nSPS) is 12.1. The Hall–Kier alpha value is -2.21. The summed E-state index contributed by atoms with van der Waals surface area (Å²) in [6.07, 6.45) is 1.42. The summed E-state index contributed by atoms with van der Waals surface area (Å²) >= 11 is 6.17. The van der Waals surface area contributed by atoms with Gasteiger partial charge in [0.25, 0.3) is 0 Å². The lowest BCUT2D eigenvalue weighted by Gasteiger charge is -2.24. The van der Waals surface area contributed by atoms with E-state index < -0.39 is 0 Å². The van der Waals surface area contributed by atoms with Gasteiger partial charge in [-0.05, 0) is 32.9 Å². The van der Waals surface area contributed by atoms with Crippen LogP contribution in [0.15, 0.2) is 35.1 Å². The van der Waals surface area contributed by atoms with Crippen LogP contribution in [0.5, 0.6) is 5.75 Å². The first-order valence-electron chi connectivity index (χ1n) is 7.29. The maximum Gasteiger partial charge on any atom is 0.322 e. The first-order valence-corrected chi connectivity index (χ1v) is 7.67. The van der Waals surface area contributed by atoms with Gasteiger partial charge in [0.15, 0.2) is 5.75 Å². The van der Waals surface area contributed by atoms with Crippen molar-refractivity contribution in [3.63, 3.8) is 0 Å². The molecule has 7 heteroatoms. The number of aromatic nitrogens is 1. The van der Waals surface area contributed by atoms with Crippen LogP contribution in [0.1, 0.15) is 32.5 Å². The Kier molecular flexibility index (Phi) is 5.50. The van der Waals surface area contributed by atoms with E-state index in [2.05, 4.69) is 10.5 Å². The van der Waals surface area contributed by atoms with Crippen molar-refractivity contribution in [1.82, 2.24) is 10.1 Å². The van der Waals surface area contributed by atoms with E-state index in [0.29, 0.717) is 22.2 Å². The number of hydrogen-bond acceptors (Lipinski definition) is 4. The predicted molar refractivity (Wildman–Crippen MR) is 88.9 cm³/mol. The zero-order chi connectivity index (χ0) is 17.0. The molecule has 1 heterocycles. The standard InChI is InChI=1S/C16H20ClN3O3/c1-10(2)23-15-12(17)6-5-7-14(15)18-16(21)20(4)11(3)13-8-9-22-19-13/h5-11H,1-4H3,(H,18,21)/t11-/m0/s1. The molecule has 0 saturated carbocycles. The molecule has 1 N–H and O–H groups in total. The number of rotatable bonds is 5. The van der Waals surface area contributed by atoms with E-state index in [9.17, 15) is 4.79 Å². The second-order valence-electron chi connectivity index (χ2n) is 5.42. The van der Waals surface area contributed by atoms with Crippen LogP contribution in [0.4, 0.5) is 10.5 Å². The lowest BCUT2D eigenvalue weighted by Crippen LogP contribution is -2.34. The van der Waals surface area contributed by atoms with Crippen LogP contribution in [-0.4, -0.2) is 29.2 Å². The topological polar surface area (TPSA) is 67.6 Å². The molecule has 1 aromatic heterocycles. The van der Waals surface area contributed by atoms with E-state index in [1.54, 1.807) is 31.3 Å². The van der Waals surface area contributed by atoms with Gasteiger partial charge in [0, 0.05) is 13.1 Å². The molecule has 6 nitrogen and oxygen atoms in total. The van der Waals surface area contributed by atoms with Crippen molar-refractivity contribution in [2.24, 2.45) is 0 Å². The Morgan fingerprint density at radius 3 is 2.70 bits per heavy atom. The Labute approximate surface area is 140 Å². The Morgan fingerprint density at radius 1 is 1.35 bits per heavy atom. The lowest BCUT2D eigenvalue weighted by atomic mass is 10.2. The highest BCUT2D eigenvalue weighted by Gasteiger charge is 2.21. The number of halogens is 1. The number of hydrogen-bond donors (Lipinski definition) is 1. The maximum absolute atomic E-state index is 12.5. The van der Waals surface area contributed by atoms with E-state index >= 15 is 0 Å². The van der Waals surface area contributed by atoms with Crippen LogP contribution in [0.3, 0.4) is 0 Å². The van der Waals surface area contributed by atoms with E-state index in [1.165, 1.54) is 11.2 Å². The number of urea groups is 1. The average molecular weight is 338 g/mol. The molecule has 2 amide bonds. The van der Waals surface area contributed by atoms with Crippen LogP contribution in [0.25, 0.3) is 0 Å². The first-order chi connectivity index (χ1) is 10.9. The quantitative estimate of drug-likeness (QED) is 0.881. The summed E-state index contributed by atoms with van der Waals surface area (Å²) in [7, 11) is 1.68. The molecule has 124 valence electrons. The molecule has 1 aromatic carbocycles. The number of benzene rings is 1. The molecular formula is C16H20ClN3O3. The number of carbonyl (C=O) groups is 1. The number of para-hydroxylation sites is 1. The molecule has 1 atom stereocenters. The van der Waals surface area contributed by atoms with Gasteiger partial charge < -0.3 is 19.5 Å². The van der Waals surface area contributed by atoms with E-state index in [-0.39, 0.29) is 18.2 Å². The smallest absolute Gasteiger partial charge is 0.322 e. The van der Waals surface area contributed by atoms with Crippen molar-refractivity contribution < 1.29 is 14.1 Å². The number of carbonyl (C=O) groups excluding carboxylic acids is 1.